The molecule has 148 valence electrons. The van der Waals surface area contributed by atoms with Crippen LogP contribution in [-0.4, -0.2) is 68.8 Å². The smallest absolute Gasteiger partial charge is 0.324 e. The van der Waals surface area contributed by atoms with Crippen molar-refractivity contribution in [3.8, 4) is 0 Å². The zero-order chi connectivity index (χ0) is 19.1. The first kappa shape index (κ1) is 17.6. The molecule has 8 heteroatoms. The highest BCUT2D eigenvalue weighted by Crippen LogP contribution is 2.34. The molecule has 5 rings (SSSR count). The molecule has 1 aliphatic carbocycles. The van der Waals surface area contributed by atoms with E-state index in [4.69, 9.17) is 0 Å². The number of likely N-dealkylation sites (N-methyl/N-ethyl adjacent to an activating group) is 1. The number of hydrogen-bond donors (Lipinski definition) is 0. The van der Waals surface area contributed by atoms with Gasteiger partial charge in [0.1, 0.15) is 5.82 Å². The van der Waals surface area contributed by atoms with Gasteiger partial charge in [0.25, 0.3) is 0 Å². The van der Waals surface area contributed by atoms with Gasteiger partial charge < -0.3 is 4.90 Å². The molecule has 1 unspecified atom stereocenters. The molecular formula is C20H27N7O. The number of anilines is 1. The summed E-state index contributed by atoms with van der Waals surface area (Å²) >= 11 is 0. The zero-order valence-electron chi connectivity index (χ0n) is 16.4. The van der Waals surface area contributed by atoms with Crippen LogP contribution in [0.4, 0.5) is 10.5 Å². The number of amides is 2. The van der Waals surface area contributed by atoms with Gasteiger partial charge in [0.2, 0.25) is 0 Å². The van der Waals surface area contributed by atoms with Crippen LogP contribution in [0, 0.1) is 0 Å². The van der Waals surface area contributed by atoms with Crippen molar-refractivity contribution in [2.24, 2.45) is 0 Å². The van der Waals surface area contributed by atoms with Gasteiger partial charge in [-0.15, -0.1) is 0 Å². The highest BCUT2D eigenvalue weighted by atomic mass is 16.2. The molecule has 2 amide bonds. The Kier molecular flexibility index (Phi) is 4.50. The summed E-state index contributed by atoms with van der Waals surface area (Å²) in [6, 6.07) is 0.400. The van der Waals surface area contributed by atoms with E-state index in [9.17, 15) is 4.79 Å². The Morgan fingerprint density at radius 1 is 1.07 bits per heavy atom. The maximum atomic E-state index is 12.2. The Morgan fingerprint density at radius 3 is 2.57 bits per heavy atom. The van der Waals surface area contributed by atoms with Crippen LogP contribution >= 0.6 is 0 Å². The quantitative estimate of drug-likeness (QED) is 0.795. The van der Waals surface area contributed by atoms with Crippen molar-refractivity contribution in [2.45, 2.75) is 44.2 Å². The van der Waals surface area contributed by atoms with Crippen molar-refractivity contribution < 1.29 is 4.79 Å². The lowest BCUT2D eigenvalue weighted by atomic mass is 9.85. The first-order valence-electron chi connectivity index (χ1n) is 10.3. The second kappa shape index (κ2) is 7.16. The fourth-order valence-corrected chi connectivity index (χ4v) is 4.31. The van der Waals surface area contributed by atoms with E-state index >= 15 is 0 Å². The Morgan fingerprint density at radius 2 is 1.89 bits per heavy atom. The molecule has 1 atom stereocenters. The molecule has 8 nitrogen and oxygen atoms in total. The van der Waals surface area contributed by atoms with E-state index in [0.29, 0.717) is 12.0 Å². The molecule has 0 N–H and O–H groups in total. The van der Waals surface area contributed by atoms with Gasteiger partial charge in [-0.25, -0.2) is 14.8 Å². The van der Waals surface area contributed by atoms with Gasteiger partial charge in [0, 0.05) is 69.8 Å². The van der Waals surface area contributed by atoms with Gasteiger partial charge in [-0.3, -0.25) is 14.5 Å². The van der Waals surface area contributed by atoms with E-state index in [1.165, 1.54) is 24.8 Å². The maximum absolute atomic E-state index is 12.2. The Labute approximate surface area is 165 Å². The third-order valence-corrected chi connectivity index (χ3v) is 6.34. The van der Waals surface area contributed by atoms with Crippen molar-refractivity contribution in [3.63, 3.8) is 0 Å². The number of aromatic nitrogens is 4. The molecule has 0 bridgehead atoms. The summed E-state index contributed by atoms with van der Waals surface area (Å²) in [6.07, 6.45) is 12.7. The normalized spacial score (nSPS) is 23.6. The minimum atomic E-state index is 0.0537. The monoisotopic (exact) mass is 381 g/mol. The molecular weight excluding hydrogens is 354 g/mol. The lowest BCUT2D eigenvalue weighted by Crippen LogP contribution is -2.28. The molecule has 0 aromatic carbocycles. The molecule has 0 spiro atoms. The van der Waals surface area contributed by atoms with Crippen LogP contribution in [-0.2, 0) is 6.54 Å². The van der Waals surface area contributed by atoms with Gasteiger partial charge in [-0.1, -0.05) is 6.42 Å². The third-order valence-electron chi connectivity index (χ3n) is 6.34. The van der Waals surface area contributed by atoms with Crippen LogP contribution in [0.3, 0.4) is 0 Å². The average molecular weight is 381 g/mol. The predicted octanol–water partition coefficient (Wildman–Crippen LogP) is 2.26. The van der Waals surface area contributed by atoms with Gasteiger partial charge in [0.05, 0.1) is 17.9 Å². The number of carbonyl (C=O) groups excluding carboxylic acids is 1. The Balaban J connectivity index is 1.19. The number of likely N-dealkylation sites (tertiary alicyclic amines) is 1. The molecule has 2 saturated heterocycles. The highest BCUT2D eigenvalue weighted by molar-refractivity contribution is 5.93. The second-order valence-corrected chi connectivity index (χ2v) is 8.29. The van der Waals surface area contributed by atoms with E-state index < -0.39 is 0 Å². The molecule has 3 fully saturated rings. The van der Waals surface area contributed by atoms with Crippen LogP contribution in [0.5, 0.6) is 0 Å². The standard InChI is InChI=1S/C20H27N7O/c1-24-7-8-26(20(24)28)18-11-23-27(14-18)17-5-6-25(13-17)12-15-9-21-19(22-10-15)16-3-2-4-16/h9-11,14,16-17H,2-8,12-13H2,1H3. The van der Waals surface area contributed by atoms with E-state index in [-0.39, 0.29) is 6.03 Å². The van der Waals surface area contributed by atoms with Crippen LogP contribution < -0.4 is 4.90 Å². The van der Waals surface area contributed by atoms with Gasteiger partial charge in [-0.2, -0.15) is 5.10 Å². The van der Waals surface area contributed by atoms with Crippen molar-refractivity contribution in [3.05, 3.63) is 36.2 Å². The van der Waals surface area contributed by atoms with Crippen molar-refractivity contribution >= 4 is 11.7 Å². The Bertz CT molecular complexity index is 844. The summed E-state index contributed by atoms with van der Waals surface area (Å²) in [4.78, 5) is 27.3. The molecule has 4 heterocycles. The summed E-state index contributed by atoms with van der Waals surface area (Å²) in [6.45, 7) is 4.37. The summed E-state index contributed by atoms with van der Waals surface area (Å²) in [5, 5.41) is 4.54. The summed E-state index contributed by atoms with van der Waals surface area (Å²) in [7, 11) is 1.84. The first-order chi connectivity index (χ1) is 13.7. The molecule has 2 aromatic heterocycles. The number of nitrogens with zero attached hydrogens (tertiary/aromatic N) is 7. The topological polar surface area (TPSA) is 70.4 Å². The fourth-order valence-electron chi connectivity index (χ4n) is 4.31. The Hall–Kier alpha value is -2.48. The lowest BCUT2D eigenvalue weighted by Gasteiger charge is -2.23. The third kappa shape index (κ3) is 3.26. The largest absolute Gasteiger partial charge is 0.326 e. The molecule has 3 aliphatic rings. The van der Waals surface area contributed by atoms with Gasteiger partial charge in [-0.05, 0) is 19.3 Å². The van der Waals surface area contributed by atoms with Crippen molar-refractivity contribution in [1.82, 2.24) is 29.5 Å². The maximum Gasteiger partial charge on any atom is 0.324 e. The second-order valence-electron chi connectivity index (χ2n) is 8.29. The molecule has 28 heavy (non-hydrogen) atoms. The fraction of sp³-hybridized carbons (Fsp3) is 0.600. The first-order valence-corrected chi connectivity index (χ1v) is 10.3. The predicted molar refractivity (Wildman–Crippen MR) is 105 cm³/mol. The average Bonchev–Trinajstić information content (AvgIpc) is 3.37. The summed E-state index contributed by atoms with van der Waals surface area (Å²) in [5.41, 5.74) is 2.07. The van der Waals surface area contributed by atoms with Crippen LogP contribution in [0.25, 0.3) is 0 Å². The molecule has 2 aliphatic heterocycles. The van der Waals surface area contributed by atoms with Crippen LogP contribution in [0.2, 0.25) is 0 Å². The zero-order valence-corrected chi connectivity index (χ0v) is 16.4. The van der Waals surface area contributed by atoms with Crippen molar-refractivity contribution in [1.29, 1.82) is 0 Å². The van der Waals surface area contributed by atoms with Gasteiger partial charge >= 0.3 is 6.03 Å². The number of urea groups is 1. The van der Waals surface area contributed by atoms with E-state index in [1.807, 2.05) is 36.5 Å². The summed E-state index contributed by atoms with van der Waals surface area (Å²) in [5.74, 6) is 1.60. The van der Waals surface area contributed by atoms with E-state index in [1.54, 1.807) is 9.80 Å². The van der Waals surface area contributed by atoms with E-state index in [2.05, 4.69) is 20.0 Å². The molecule has 1 saturated carbocycles. The lowest BCUT2D eigenvalue weighted by molar-refractivity contribution is 0.229. The SMILES string of the molecule is CN1CCN(c2cnn(C3CCN(Cc4cnc(C5CCC5)nc4)C3)c2)C1=O. The minimum absolute atomic E-state index is 0.0537. The van der Waals surface area contributed by atoms with E-state index in [0.717, 1.165) is 50.7 Å². The van der Waals surface area contributed by atoms with Gasteiger partial charge in [0.15, 0.2) is 0 Å². The number of rotatable bonds is 5. The minimum Gasteiger partial charge on any atom is -0.326 e. The van der Waals surface area contributed by atoms with Crippen LogP contribution in [0.1, 0.15) is 49.0 Å². The number of carbonyl (C=O) groups is 1. The van der Waals surface area contributed by atoms with Crippen LogP contribution in [0.15, 0.2) is 24.8 Å². The number of hydrogen-bond acceptors (Lipinski definition) is 5. The summed E-state index contributed by atoms with van der Waals surface area (Å²) < 4.78 is 2.02. The molecule has 0 radical (unpaired) electrons. The molecule has 2 aromatic rings. The highest BCUT2D eigenvalue weighted by Gasteiger charge is 2.30. The van der Waals surface area contributed by atoms with Crippen molar-refractivity contribution in [2.75, 3.05) is 38.1 Å².